The molecule has 0 aliphatic carbocycles. The molecule has 5 nitrogen and oxygen atoms in total. The van der Waals surface area contributed by atoms with E-state index in [1.54, 1.807) is 0 Å². The maximum atomic E-state index is 13.0. The number of rotatable bonds is 5. The maximum Gasteiger partial charge on any atom is 0.257 e. The molecule has 1 amide bonds. The molecule has 4 rings (SSSR count). The minimum atomic E-state index is -0.151. The van der Waals surface area contributed by atoms with Gasteiger partial charge in [0, 0.05) is 41.0 Å². The van der Waals surface area contributed by atoms with E-state index in [4.69, 9.17) is 0 Å². The molecule has 0 radical (unpaired) electrons. The van der Waals surface area contributed by atoms with Gasteiger partial charge in [-0.25, -0.2) is 0 Å². The van der Waals surface area contributed by atoms with Crippen LogP contribution in [0.1, 0.15) is 24.2 Å². The molecule has 3 N–H and O–H groups in total. The first kappa shape index (κ1) is 21.4. The predicted molar refractivity (Wildman–Crippen MR) is 133 cm³/mol. The fourth-order valence-electron chi connectivity index (χ4n) is 3.85. The van der Waals surface area contributed by atoms with Crippen LogP contribution in [0.2, 0.25) is 0 Å². The van der Waals surface area contributed by atoms with Gasteiger partial charge >= 0.3 is 0 Å². The number of amides is 1. The molecular weight excluding hydrogens is 452 g/mol. The summed E-state index contributed by atoms with van der Waals surface area (Å²) in [4.78, 5) is 15.4. The van der Waals surface area contributed by atoms with Crippen LogP contribution >= 0.6 is 15.9 Å². The van der Waals surface area contributed by atoms with Gasteiger partial charge in [0.05, 0.1) is 16.9 Å². The second kappa shape index (κ2) is 9.12. The number of carbonyl (C=O) groups excluding carboxylic acids is 1. The summed E-state index contributed by atoms with van der Waals surface area (Å²) in [6, 6.07) is 23.4. The van der Waals surface area contributed by atoms with Crippen molar-refractivity contribution in [1.29, 1.82) is 0 Å². The van der Waals surface area contributed by atoms with Crippen LogP contribution < -0.4 is 20.9 Å². The summed E-state index contributed by atoms with van der Waals surface area (Å²) in [7, 11) is 0. The highest BCUT2D eigenvalue weighted by Crippen LogP contribution is 2.31. The zero-order valence-corrected chi connectivity index (χ0v) is 19.4. The second-order valence-electron chi connectivity index (χ2n) is 8.39. The van der Waals surface area contributed by atoms with Crippen molar-refractivity contribution in [1.82, 2.24) is 5.32 Å². The molecule has 0 spiro atoms. The average molecular weight is 479 g/mol. The molecule has 1 heterocycles. The van der Waals surface area contributed by atoms with Gasteiger partial charge in [0.25, 0.3) is 5.91 Å². The standard InChI is InChI=1S/C25H27BrN4O/c1-25(2)17-30(15-14-27-25)23-13-12-19(16-21(23)26)29-24(31)20-10-6-7-11-22(20)28-18-8-4-3-5-9-18/h3-13,16,27-28H,14-15,17H2,1-2H3,(H,29,31). The van der Waals surface area contributed by atoms with Gasteiger partial charge in [-0.3, -0.25) is 4.79 Å². The zero-order chi connectivity index (χ0) is 21.8. The monoisotopic (exact) mass is 478 g/mol. The lowest BCUT2D eigenvalue weighted by atomic mass is 10.0. The van der Waals surface area contributed by atoms with Crippen molar-refractivity contribution in [2.75, 3.05) is 35.2 Å². The fourth-order valence-corrected chi connectivity index (χ4v) is 4.48. The van der Waals surface area contributed by atoms with E-state index in [0.29, 0.717) is 5.56 Å². The highest BCUT2D eigenvalue weighted by atomic mass is 79.9. The van der Waals surface area contributed by atoms with E-state index >= 15 is 0 Å². The van der Waals surface area contributed by atoms with Crippen LogP contribution in [0.3, 0.4) is 0 Å². The van der Waals surface area contributed by atoms with Gasteiger partial charge in [0.1, 0.15) is 0 Å². The normalized spacial score (nSPS) is 15.4. The minimum absolute atomic E-state index is 0.0695. The number of piperazine rings is 1. The van der Waals surface area contributed by atoms with Crippen molar-refractivity contribution < 1.29 is 4.79 Å². The first-order valence-corrected chi connectivity index (χ1v) is 11.2. The van der Waals surface area contributed by atoms with Crippen LogP contribution in [-0.4, -0.2) is 31.1 Å². The predicted octanol–water partition coefficient (Wildman–Crippen LogP) is 5.63. The van der Waals surface area contributed by atoms with Gasteiger partial charge in [-0.05, 0) is 72.2 Å². The van der Waals surface area contributed by atoms with Crippen LogP contribution in [0.4, 0.5) is 22.7 Å². The molecule has 1 saturated heterocycles. The first-order valence-electron chi connectivity index (χ1n) is 10.4. The van der Waals surface area contributed by atoms with Gasteiger partial charge in [-0.2, -0.15) is 0 Å². The number of nitrogens with zero attached hydrogens (tertiary/aromatic N) is 1. The van der Waals surface area contributed by atoms with E-state index in [-0.39, 0.29) is 11.4 Å². The Morgan fingerprint density at radius 2 is 1.74 bits per heavy atom. The summed E-state index contributed by atoms with van der Waals surface area (Å²) in [5, 5.41) is 9.90. The second-order valence-corrected chi connectivity index (χ2v) is 9.24. The number of anilines is 4. The lowest BCUT2D eigenvalue weighted by molar-refractivity contribution is 0.102. The van der Waals surface area contributed by atoms with Crippen LogP contribution in [0.25, 0.3) is 0 Å². The van der Waals surface area contributed by atoms with Crippen LogP contribution in [-0.2, 0) is 0 Å². The Bertz CT molecular complexity index is 1070. The van der Waals surface area contributed by atoms with Crippen LogP contribution in [0.15, 0.2) is 77.3 Å². The Morgan fingerprint density at radius 1 is 1.00 bits per heavy atom. The Balaban J connectivity index is 1.50. The molecule has 1 aliphatic heterocycles. The topological polar surface area (TPSA) is 56.4 Å². The summed E-state index contributed by atoms with van der Waals surface area (Å²) in [5.41, 5.74) is 4.26. The smallest absolute Gasteiger partial charge is 0.257 e. The Kier molecular flexibility index (Phi) is 6.30. The van der Waals surface area contributed by atoms with Crippen LogP contribution in [0.5, 0.6) is 0 Å². The molecule has 0 atom stereocenters. The largest absolute Gasteiger partial charge is 0.368 e. The van der Waals surface area contributed by atoms with E-state index in [1.165, 1.54) is 0 Å². The molecule has 31 heavy (non-hydrogen) atoms. The Morgan fingerprint density at radius 3 is 2.48 bits per heavy atom. The lowest BCUT2D eigenvalue weighted by Gasteiger charge is -2.40. The molecule has 0 bridgehead atoms. The molecule has 160 valence electrons. The van der Waals surface area contributed by atoms with Gasteiger partial charge in [-0.1, -0.05) is 30.3 Å². The van der Waals surface area contributed by atoms with Gasteiger partial charge < -0.3 is 20.9 Å². The zero-order valence-electron chi connectivity index (χ0n) is 17.8. The molecule has 1 aliphatic rings. The van der Waals surface area contributed by atoms with Crippen molar-refractivity contribution in [2.24, 2.45) is 0 Å². The molecule has 0 unspecified atom stereocenters. The molecule has 0 saturated carbocycles. The van der Waals surface area contributed by atoms with Gasteiger partial charge in [-0.15, -0.1) is 0 Å². The number of benzene rings is 3. The number of carbonyl (C=O) groups is 1. The third kappa shape index (κ3) is 5.27. The SMILES string of the molecule is CC1(C)CN(c2ccc(NC(=O)c3ccccc3Nc3ccccc3)cc2Br)CCN1. The molecule has 3 aromatic carbocycles. The summed E-state index contributed by atoms with van der Waals surface area (Å²) in [5.74, 6) is -0.151. The van der Waals surface area contributed by atoms with Crippen molar-refractivity contribution in [3.05, 3.63) is 82.8 Å². The van der Waals surface area contributed by atoms with Gasteiger partial charge in [0.2, 0.25) is 0 Å². The first-order chi connectivity index (χ1) is 14.9. The number of hydrogen-bond donors (Lipinski definition) is 3. The van der Waals surface area contributed by atoms with E-state index < -0.39 is 0 Å². The third-order valence-corrected chi connectivity index (χ3v) is 5.98. The molecular formula is C25H27BrN4O. The minimum Gasteiger partial charge on any atom is -0.368 e. The summed E-state index contributed by atoms with van der Waals surface area (Å²) < 4.78 is 0.971. The van der Waals surface area contributed by atoms with Crippen molar-refractivity contribution in [3.63, 3.8) is 0 Å². The van der Waals surface area contributed by atoms with Crippen molar-refractivity contribution in [2.45, 2.75) is 19.4 Å². The van der Waals surface area contributed by atoms with Crippen molar-refractivity contribution >= 4 is 44.6 Å². The number of nitrogens with one attached hydrogen (secondary N) is 3. The number of hydrogen-bond acceptors (Lipinski definition) is 4. The highest BCUT2D eigenvalue weighted by molar-refractivity contribution is 9.10. The van der Waals surface area contributed by atoms with Crippen LogP contribution in [0, 0.1) is 0 Å². The van der Waals surface area contributed by atoms with E-state index in [0.717, 1.165) is 46.9 Å². The van der Waals surface area contributed by atoms with Crippen molar-refractivity contribution in [3.8, 4) is 0 Å². The summed E-state index contributed by atoms with van der Waals surface area (Å²) >= 11 is 3.70. The highest BCUT2D eigenvalue weighted by Gasteiger charge is 2.26. The lowest BCUT2D eigenvalue weighted by Crippen LogP contribution is -2.57. The van der Waals surface area contributed by atoms with E-state index in [9.17, 15) is 4.79 Å². The Hall–Kier alpha value is -2.83. The molecule has 3 aromatic rings. The average Bonchev–Trinajstić information content (AvgIpc) is 2.74. The third-order valence-electron chi connectivity index (χ3n) is 5.34. The number of halogens is 1. The molecule has 6 heteroatoms. The summed E-state index contributed by atoms with van der Waals surface area (Å²) in [6.07, 6.45) is 0. The Labute approximate surface area is 192 Å². The fraction of sp³-hybridized carbons (Fsp3) is 0.240. The molecule has 0 aromatic heterocycles. The summed E-state index contributed by atoms with van der Waals surface area (Å²) in [6.45, 7) is 7.25. The van der Waals surface area contributed by atoms with E-state index in [2.05, 4.69) is 56.7 Å². The number of para-hydroxylation sites is 2. The maximum absolute atomic E-state index is 13.0. The quantitative estimate of drug-likeness (QED) is 0.444. The molecule has 1 fully saturated rings. The van der Waals surface area contributed by atoms with Gasteiger partial charge in [0.15, 0.2) is 0 Å². The van der Waals surface area contributed by atoms with E-state index in [1.807, 2.05) is 66.7 Å².